The molecule has 0 unspecified atom stereocenters. The molecule has 1 aliphatic rings. The molecule has 0 aromatic heterocycles. The Hall–Kier alpha value is -0.890. The zero-order chi connectivity index (χ0) is 19.6. The average Bonchev–Trinajstić information content (AvgIpc) is 2.57. The number of thioether (sulfide) groups is 1. The normalized spacial score (nSPS) is 16.2. The number of phenols is 1. The van der Waals surface area contributed by atoms with Crippen molar-refractivity contribution in [1.82, 2.24) is 0 Å². The molecule has 1 aromatic carbocycles. The minimum absolute atomic E-state index is 0.100. The Morgan fingerprint density at radius 2 is 1.58 bits per heavy atom. The molecule has 0 aliphatic heterocycles. The van der Waals surface area contributed by atoms with Gasteiger partial charge in [0.1, 0.15) is 5.75 Å². The van der Waals surface area contributed by atoms with E-state index in [1.54, 1.807) is 0 Å². The van der Waals surface area contributed by atoms with Crippen molar-refractivity contribution in [1.29, 1.82) is 0 Å². The van der Waals surface area contributed by atoms with Crippen LogP contribution in [0.1, 0.15) is 96.3 Å². The minimum atomic E-state index is 0.100. The van der Waals surface area contributed by atoms with E-state index in [0.29, 0.717) is 5.75 Å². The molecule has 0 spiro atoms. The van der Waals surface area contributed by atoms with Gasteiger partial charge in [-0.1, -0.05) is 84.9 Å². The Morgan fingerprint density at radius 1 is 1.04 bits per heavy atom. The van der Waals surface area contributed by atoms with Crippen molar-refractivity contribution in [2.75, 3.05) is 0 Å². The fourth-order valence-electron chi connectivity index (χ4n) is 3.41. The minimum Gasteiger partial charge on any atom is -0.507 e. The van der Waals surface area contributed by atoms with Crippen molar-refractivity contribution < 1.29 is 5.11 Å². The van der Waals surface area contributed by atoms with Crippen molar-refractivity contribution in [3.05, 3.63) is 41.5 Å². The predicted molar refractivity (Wildman–Crippen MR) is 119 cm³/mol. The van der Waals surface area contributed by atoms with Crippen LogP contribution >= 0.6 is 11.8 Å². The van der Waals surface area contributed by atoms with Gasteiger partial charge in [-0.3, -0.25) is 0 Å². The Labute approximate surface area is 166 Å². The van der Waals surface area contributed by atoms with Crippen LogP contribution in [0.2, 0.25) is 0 Å². The van der Waals surface area contributed by atoms with Crippen LogP contribution in [-0.4, -0.2) is 10.4 Å². The molecule has 148 valence electrons. The van der Waals surface area contributed by atoms with Gasteiger partial charge in [0.25, 0.3) is 0 Å². The van der Waals surface area contributed by atoms with E-state index < -0.39 is 0 Å². The fourth-order valence-corrected chi connectivity index (χ4v) is 4.71. The number of aromatic hydroxyl groups is 1. The van der Waals surface area contributed by atoms with Gasteiger partial charge in [-0.05, 0) is 35.8 Å². The highest BCUT2D eigenvalue weighted by atomic mass is 32.2. The van der Waals surface area contributed by atoms with Gasteiger partial charge < -0.3 is 5.11 Å². The zero-order valence-electron chi connectivity index (χ0n) is 17.7. The lowest BCUT2D eigenvalue weighted by Crippen LogP contribution is -2.12. The van der Waals surface area contributed by atoms with Crippen molar-refractivity contribution in [3.8, 4) is 5.75 Å². The monoisotopic (exact) mass is 376 g/mol. The summed E-state index contributed by atoms with van der Waals surface area (Å²) >= 11 is 2.05. The summed E-state index contributed by atoms with van der Waals surface area (Å²) in [5, 5.41) is 11.4. The lowest BCUT2D eigenvalue weighted by Gasteiger charge is -2.23. The second-order valence-corrected chi connectivity index (χ2v) is 9.45. The molecule has 0 bridgehead atoms. The fraction of sp³-hybridized carbons (Fsp3) is 0.667. The van der Waals surface area contributed by atoms with Crippen LogP contribution in [0.25, 0.3) is 0 Å². The van der Waals surface area contributed by atoms with Crippen LogP contribution in [0.3, 0.4) is 0 Å². The maximum Gasteiger partial charge on any atom is 0.123 e. The van der Waals surface area contributed by atoms with E-state index in [1.807, 2.05) is 31.7 Å². The molecule has 26 heavy (non-hydrogen) atoms. The van der Waals surface area contributed by atoms with Crippen molar-refractivity contribution in [2.45, 2.75) is 102 Å². The first kappa shape index (κ1) is 23.1. The molecule has 1 N–H and O–H groups in total. The first-order chi connectivity index (χ1) is 12.4. The molecule has 1 saturated carbocycles. The summed E-state index contributed by atoms with van der Waals surface area (Å²) in [6.45, 7) is 14.6. The van der Waals surface area contributed by atoms with Gasteiger partial charge in [0.15, 0.2) is 0 Å². The lowest BCUT2D eigenvalue weighted by atomic mass is 9.84. The molecule has 0 atom stereocenters. The number of allylic oxidation sites excluding steroid dienone is 1. The van der Waals surface area contributed by atoms with Crippen molar-refractivity contribution >= 4 is 11.8 Å². The molecule has 2 rings (SSSR count). The van der Waals surface area contributed by atoms with Gasteiger partial charge in [0.05, 0.1) is 0 Å². The molecule has 1 aromatic rings. The van der Waals surface area contributed by atoms with Crippen molar-refractivity contribution in [2.24, 2.45) is 0 Å². The third kappa shape index (κ3) is 7.39. The Bertz CT molecular complexity index is 534. The van der Waals surface area contributed by atoms with E-state index >= 15 is 0 Å². The lowest BCUT2D eigenvalue weighted by molar-refractivity contribution is 0.463. The van der Waals surface area contributed by atoms with Crippen LogP contribution in [0, 0.1) is 0 Å². The molecule has 2 heteroatoms. The maximum absolute atomic E-state index is 10.7. The molecular weight excluding hydrogens is 336 g/mol. The molecular formula is C24H40OS. The van der Waals surface area contributed by atoms with E-state index in [0.717, 1.165) is 28.6 Å². The summed E-state index contributed by atoms with van der Waals surface area (Å²) in [5.74, 6) is 1.41. The number of hydrogen-bond acceptors (Lipinski definition) is 2. The molecule has 0 amide bonds. The van der Waals surface area contributed by atoms with Gasteiger partial charge in [-0.15, -0.1) is 6.58 Å². The van der Waals surface area contributed by atoms with E-state index in [9.17, 15) is 5.11 Å². The summed E-state index contributed by atoms with van der Waals surface area (Å²) in [6.07, 6.45) is 12.2. The molecule has 0 saturated heterocycles. The number of hydrogen-bond donors (Lipinski definition) is 1. The third-order valence-corrected chi connectivity index (χ3v) is 6.45. The molecule has 0 radical (unpaired) electrons. The van der Waals surface area contributed by atoms with Crippen LogP contribution in [0.15, 0.2) is 24.8 Å². The smallest absolute Gasteiger partial charge is 0.123 e. The van der Waals surface area contributed by atoms with Crippen LogP contribution in [0.4, 0.5) is 0 Å². The first-order valence-electron chi connectivity index (χ1n) is 10.5. The largest absolute Gasteiger partial charge is 0.507 e. The summed E-state index contributed by atoms with van der Waals surface area (Å²) < 4.78 is 0. The number of benzene rings is 1. The highest BCUT2D eigenvalue weighted by Gasteiger charge is 2.19. The van der Waals surface area contributed by atoms with E-state index in [2.05, 4.69) is 39.5 Å². The number of phenolic OH excluding ortho intramolecular Hbond substituents is 1. The standard InChI is InChI=1S/C22H34OS.C2H6/c1-5-11-17-14-19(22(2,3)4)15-18(21(17)23)16-24-20-12-9-7-6-8-10-13-20;1-2/h5,14-15,20,23H,1,6-13,16H2,2-4H3;1-2H3. The summed E-state index contributed by atoms with van der Waals surface area (Å²) in [7, 11) is 0. The second-order valence-electron chi connectivity index (χ2n) is 8.16. The zero-order valence-corrected chi connectivity index (χ0v) is 18.6. The quantitative estimate of drug-likeness (QED) is 0.529. The van der Waals surface area contributed by atoms with Crippen LogP contribution in [0.5, 0.6) is 5.75 Å². The van der Waals surface area contributed by atoms with Gasteiger partial charge in [-0.2, -0.15) is 11.8 Å². The topological polar surface area (TPSA) is 20.2 Å². The number of rotatable bonds is 5. The summed E-state index contributed by atoms with van der Waals surface area (Å²) in [6, 6.07) is 4.37. The Morgan fingerprint density at radius 3 is 2.12 bits per heavy atom. The highest BCUT2D eigenvalue weighted by molar-refractivity contribution is 7.99. The summed E-state index contributed by atoms with van der Waals surface area (Å²) in [4.78, 5) is 0. The SMILES string of the molecule is C=CCc1cc(C(C)(C)C)cc(CSC2CCCCCCC2)c1O.CC. The van der Waals surface area contributed by atoms with E-state index in [-0.39, 0.29) is 5.41 Å². The molecule has 1 aliphatic carbocycles. The average molecular weight is 377 g/mol. The second kappa shape index (κ2) is 11.7. The van der Waals surface area contributed by atoms with E-state index in [4.69, 9.17) is 0 Å². The first-order valence-corrected chi connectivity index (χ1v) is 11.5. The van der Waals surface area contributed by atoms with Gasteiger partial charge in [-0.25, -0.2) is 0 Å². The van der Waals surface area contributed by atoms with Crippen molar-refractivity contribution in [3.63, 3.8) is 0 Å². The van der Waals surface area contributed by atoms with Gasteiger partial charge in [0, 0.05) is 16.6 Å². The molecule has 1 fully saturated rings. The Balaban J connectivity index is 0.00000163. The maximum atomic E-state index is 10.7. The van der Waals surface area contributed by atoms with Crippen LogP contribution in [-0.2, 0) is 17.6 Å². The summed E-state index contributed by atoms with van der Waals surface area (Å²) in [5.41, 5.74) is 3.53. The van der Waals surface area contributed by atoms with E-state index in [1.165, 1.54) is 50.5 Å². The van der Waals surface area contributed by atoms with Gasteiger partial charge in [0.2, 0.25) is 0 Å². The Kier molecular flexibility index (Phi) is 10.5. The predicted octanol–water partition coefficient (Wildman–Crippen LogP) is 7.79. The molecule has 0 heterocycles. The van der Waals surface area contributed by atoms with Crippen LogP contribution < -0.4 is 0 Å². The molecule has 1 nitrogen and oxygen atoms in total. The third-order valence-electron chi connectivity index (χ3n) is 5.02. The highest BCUT2D eigenvalue weighted by Crippen LogP contribution is 2.36. The van der Waals surface area contributed by atoms with Gasteiger partial charge >= 0.3 is 0 Å².